The van der Waals surface area contributed by atoms with E-state index in [4.69, 9.17) is 0 Å². The molecule has 21 heavy (non-hydrogen) atoms. The van der Waals surface area contributed by atoms with Gasteiger partial charge in [0.2, 0.25) is 5.91 Å². The van der Waals surface area contributed by atoms with E-state index < -0.39 is 0 Å². The standard InChI is InChI=1S/C16H20N4O/c1-2-15(13-6-4-3-5-7-13)16(21)19-10-8-14(12-19)20-11-9-17-18-20/h3-7,9,11,14-15H,2,8,10,12H2,1H3/t14-,15-/m0/s1. The molecule has 0 aliphatic carbocycles. The number of carbonyl (C=O) groups is 1. The monoisotopic (exact) mass is 284 g/mol. The first-order valence-corrected chi connectivity index (χ1v) is 7.49. The van der Waals surface area contributed by atoms with Crippen molar-refractivity contribution >= 4 is 5.91 Å². The SMILES string of the molecule is CC[C@H](C(=O)N1CC[C@H](n2ccnn2)C1)c1ccccc1. The first-order valence-electron chi connectivity index (χ1n) is 7.49. The Labute approximate surface area is 124 Å². The molecular weight excluding hydrogens is 264 g/mol. The predicted molar refractivity (Wildman–Crippen MR) is 79.7 cm³/mol. The zero-order chi connectivity index (χ0) is 14.7. The van der Waals surface area contributed by atoms with Gasteiger partial charge in [-0.1, -0.05) is 42.5 Å². The number of aromatic nitrogens is 3. The van der Waals surface area contributed by atoms with Crippen LogP contribution in [0, 0.1) is 0 Å². The highest BCUT2D eigenvalue weighted by Gasteiger charge is 2.31. The van der Waals surface area contributed by atoms with Gasteiger partial charge in [0.25, 0.3) is 0 Å². The summed E-state index contributed by atoms with van der Waals surface area (Å²) in [6.45, 7) is 3.60. The summed E-state index contributed by atoms with van der Waals surface area (Å²) < 4.78 is 1.86. The van der Waals surface area contributed by atoms with Gasteiger partial charge < -0.3 is 4.90 Å². The lowest BCUT2D eigenvalue weighted by Gasteiger charge is -2.23. The molecule has 0 unspecified atom stereocenters. The van der Waals surface area contributed by atoms with Gasteiger partial charge in [0, 0.05) is 19.3 Å². The summed E-state index contributed by atoms with van der Waals surface area (Å²) in [6.07, 6.45) is 5.32. The van der Waals surface area contributed by atoms with E-state index >= 15 is 0 Å². The van der Waals surface area contributed by atoms with Crippen molar-refractivity contribution in [3.05, 3.63) is 48.3 Å². The van der Waals surface area contributed by atoms with Gasteiger partial charge in [-0.2, -0.15) is 0 Å². The molecule has 0 radical (unpaired) electrons. The number of carbonyl (C=O) groups excluding carboxylic acids is 1. The van der Waals surface area contributed by atoms with E-state index in [9.17, 15) is 4.79 Å². The average molecular weight is 284 g/mol. The van der Waals surface area contributed by atoms with Gasteiger partial charge in [0.05, 0.1) is 18.2 Å². The molecule has 1 aliphatic rings. The summed E-state index contributed by atoms with van der Waals surface area (Å²) in [4.78, 5) is 14.7. The Morgan fingerprint density at radius 1 is 1.38 bits per heavy atom. The zero-order valence-electron chi connectivity index (χ0n) is 12.2. The van der Waals surface area contributed by atoms with Crippen LogP contribution in [0.25, 0.3) is 0 Å². The number of hydrogen-bond donors (Lipinski definition) is 0. The second kappa shape index (κ2) is 6.08. The molecule has 5 nitrogen and oxygen atoms in total. The second-order valence-corrected chi connectivity index (χ2v) is 5.48. The first-order chi connectivity index (χ1) is 10.3. The van der Waals surface area contributed by atoms with Crippen molar-refractivity contribution in [3.63, 3.8) is 0 Å². The molecule has 2 heterocycles. The summed E-state index contributed by atoms with van der Waals surface area (Å²) in [5.74, 6) is 0.187. The molecule has 1 saturated heterocycles. The van der Waals surface area contributed by atoms with Crippen LogP contribution in [0.4, 0.5) is 0 Å². The maximum Gasteiger partial charge on any atom is 0.230 e. The van der Waals surface area contributed by atoms with Crippen LogP contribution in [0.3, 0.4) is 0 Å². The molecule has 0 bridgehead atoms. The molecule has 2 atom stereocenters. The maximum atomic E-state index is 12.8. The minimum absolute atomic E-state index is 0.0410. The molecule has 1 fully saturated rings. The highest BCUT2D eigenvalue weighted by atomic mass is 16.2. The molecular formula is C16H20N4O. The Kier molecular flexibility index (Phi) is 3.99. The van der Waals surface area contributed by atoms with E-state index in [1.54, 1.807) is 6.20 Å². The van der Waals surface area contributed by atoms with Gasteiger partial charge in [-0.05, 0) is 18.4 Å². The summed E-state index contributed by atoms with van der Waals surface area (Å²) >= 11 is 0. The van der Waals surface area contributed by atoms with E-state index in [-0.39, 0.29) is 17.9 Å². The number of amides is 1. The van der Waals surface area contributed by atoms with Crippen LogP contribution in [0.1, 0.15) is 37.3 Å². The topological polar surface area (TPSA) is 51.0 Å². The lowest BCUT2D eigenvalue weighted by atomic mass is 9.95. The van der Waals surface area contributed by atoms with E-state index in [0.717, 1.165) is 31.5 Å². The van der Waals surface area contributed by atoms with Gasteiger partial charge in [-0.25, -0.2) is 4.68 Å². The van der Waals surface area contributed by atoms with Crippen LogP contribution in [-0.2, 0) is 4.79 Å². The molecule has 5 heteroatoms. The Balaban J connectivity index is 1.70. The van der Waals surface area contributed by atoms with Crippen molar-refractivity contribution in [2.75, 3.05) is 13.1 Å². The molecule has 0 saturated carbocycles. The molecule has 1 amide bonds. The fourth-order valence-electron chi connectivity index (χ4n) is 3.03. The summed E-state index contributed by atoms with van der Waals surface area (Å²) in [5, 5.41) is 7.89. The van der Waals surface area contributed by atoms with Crippen molar-refractivity contribution in [2.24, 2.45) is 0 Å². The minimum Gasteiger partial charge on any atom is -0.340 e. The van der Waals surface area contributed by atoms with Gasteiger partial charge in [-0.15, -0.1) is 5.10 Å². The van der Waals surface area contributed by atoms with Crippen LogP contribution < -0.4 is 0 Å². The number of nitrogens with zero attached hydrogens (tertiary/aromatic N) is 4. The third kappa shape index (κ3) is 2.82. The van der Waals surface area contributed by atoms with E-state index in [1.807, 2.05) is 46.1 Å². The van der Waals surface area contributed by atoms with E-state index in [2.05, 4.69) is 17.2 Å². The zero-order valence-corrected chi connectivity index (χ0v) is 12.2. The van der Waals surface area contributed by atoms with Crippen molar-refractivity contribution in [1.82, 2.24) is 19.9 Å². The van der Waals surface area contributed by atoms with E-state index in [0.29, 0.717) is 0 Å². The van der Waals surface area contributed by atoms with Crippen molar-refractivity contribution in [2.45, 2.75) is 31.7 Å². The quantitative estimate of drug-likeness (QED) is 0.865. The fourth-order valence-corrected chi connectivity index (χ4v) is 3.03. The number of benzene rings is 1. The molecule has 3 rings (SSSR count). The Morgan fingerprint density at radius 2 is 2.19 bits per heavy atom. The smallest absolute Gasteiger partial charge is 0.230 e. The Hall–Kier alpha value is -2.17. The lowest BCUT2D eigenvalue weighted by molar-refractivity contribution is -0.132. The number of rotatable bonds is 4. The number of likely N-dealkylation sites (tertiary alicyclic amines) is 1. The van der Waals surface area contributed by atoms with Crippen LogP contribution in [0.15, 0.2) is 42.7 Å². The summed E-state index contributed by atoms with van der Waals surface area (Å²) in [5.41, 5.74) is 1.11. The predicted octanol–water partition coefficient (Wildman–Crippen LogP) is 2.25. The van der Waals surface area contributed by atoms with Crippen LogP contribution in [0.5, 0.6) is 0 Å². The largest absolute Gasteiger partial charge is 0.340 e. The van der Waals surface area contributed by atoms with Crippen LogP contribution >= 0.6 is 0 Å². The van der Waals surface area contributed by atoms with Gasteiger partial charge in [0.1, 0.15) is 0 Å². The Bertz CT molecular complexity index is 582. The van der Waals surface area contributed by atoms with Gasteiger partial charge >= 0.3 is 0 Å². The average Bonchev–Trinajstić information content (AvgIpc) is 3.20. The Morgan fingerprint density at radius 3 is 2.86 bits per heavy atom. The molecule has 0 N–H and O–H groups in total. The molecule has 0 spiro atoms. The van der Waals surface area contributed by atoms with Crippen LogP contribution in [-0.4, -0.2) is 38.9 Å². The molecule has 110 valence electrons. The third-order valence-electron chi connectivity index (χ3n) is 4.20. The molecule has 1 aliphatic heterocycles. The number of hydrogen-bond acceptors (Lipinski definition) is 3. The highest BCUT2D eigenvalue weighted by molar-refractivity contribution is 5.84. The van der Waals surface area contributed by atoms with Crippen molar-refractivity contribution in [1.29, 1.82) is 0 Å². The maximum absolute atomic E-state index is 12.8. The summed E-state index contributed by atoms with van der Waals surface area (Å²) in [7, 11) is 0. The van der Waals surface area contributed by atoms with Gasteiger partial charge in [-0.3, -0.25) is 4.79 Å². The molecule has 1 aromatic heterocycles. The summed E-state index contributed by atoms with van der Waals surface area (Å²) in [6, 6.07) is 10.3. The van der Waals surface area contributed by atoms with Crippen molar-refractivity contribution < 1.29 is 4.79 Å². The highest BCUT2D eigenvalue weighted by Crippen LogP contribution is 2.27. The van der Waals surface area contributed by atoms with E-state index in [1.165, 1.54) is 0 Å². The fraction of sp³-hybridized carbons (Fsp3) is 0.438. The lowest BCUT2D eigenvalue weighted by Crippen LogP contribution is -2.33. The van der Waals surface area contributed by atoms with Gasteiger partial charge in [0.15, 0.2) is 0 Å². The third-order valence-corrected chi connectivity index (χ3v) is 4.20. The normalized spacial score (nSPS) is 19.7. The second-order valence-electron chi connectivity index (χ2n) is 5.48. The van der Waals surface area contributed by atoms with Crippen molar-refractivity contribution in [3.8, 4) is 0 Å². The molecule has 2 aromatic rings. The molecule has 1 aromatic carbocycles. The van der Waals surface area contributed by atoms with Crippen LogP contribution in [0.2, 0.25) is 0 Å². The minimum atomic E-state index is -0.0410. The first kappa shape index (κ1) is 13.8.